The summed E-state index contributed by atoms with van der Waals surface area (Å²) >= 11 is 1.40. The molecule has 0 spiro atoms. The van der Waals surface area contributed by atoms with Crippen molar-refractivity contribution in [2.24, 2.45) is 0 Å². The average molecular weight is 314 g/mol. The van der Waals surface area contributed by atoms with Crippen molar-refractivity contribution in [1.29, 1.82) is 0 Å². The van der Waals surface area contributed by atoms with Crippen molar-refractivity contribution in [3.63, 3.8) is 0 Å². The Morgan fingerprint density at radius 3 is 2.59 bits per heavy atom. The molecule has 1 aromatic carbocycles. The lowest BCUT2D eigenvalue weighted by Gasteiger charge is -2.00. The van der Waals surface area contributed by atoms with Gasteiger partial charge < -0.3 is 4.74 Å². The first kappa shape index (κ1) is 14.1. The Morgan fingerprint density at radius 1 is 1.23 bits per heavy atom. The standard InChI is InChI=1S/C14H10N4O3S/c1-21-13-12(9-2-4-10(5-3-9)18(19)20)22-14(17-13)11-8-15-6-7-16-11/h2-8H,1H3. The molecule has 0 aliphatic heterocycles. The Hall–Kier alpha value is -2.87. The zero-order valence-corrected chi connectivity index (χ0v) is 12.3. The number of ether oxygens (including phenoxy) is 1. The number of methoxy groups -OCH3 is 1. The van der Waals surface area contributed by atoms with E-state index >= 15 is 0 Å². The molecule has 0 fully saturated rings. The van der Waals surface area contributed by atoms with Crippen LogP contribution in [0, 0.1) is 10.1 Å². The van der Waals surface area contributed by atoms with E-state index in [4.69, 9.17) is 4.74 Å². The van der Waals surface area contributed by atoms with Crippen LogP contribution >= 0.6 is 11.3 Å². The third-order valence-corrected chi connectivity index (χ3v) is 4.02. The SMILES string of the molecule is COc1nc(-c2cnccn2)sc1-c1ccc([N+](=O)[O-])cc1. The van der Waals surface area contributed by atoms with Crippen LogP contribution < -0.4 is 4.74 Å². The molecule has 3 aromatic rings. The molecular weight excluding hydrogens is 304 g/mol. The highest BCUT2D eigenvalue weighted by Gasteiger charge is 2.16. The topological polar surface area (TPSA) is 91.0 Å². The van der Waals surface area contributed by atoms with Gasteiger partial charge in [-0.1, -0.05) is 0 Å². The van der Waals surface area contributed by atoms with Crippen molar-refractivity contribution < 1.29 is 9.66 Å². The number of nitro groups is 1. The number of nitrogens with zero attached hydrogens (tertiary/aromatic N) is 4. The zero-order valence-electron chi connectivity index (χ0n) is 11.5. The van der Waals surface area contributed by atoms with E-state index in [0.29, 0.717) is 16.6 Å². The van der Waals surface area contributed by atoms with E-state index < -0.39 is 4.92 Å². The fraction of sp³-hybridized carbons (Fsp3) is 0.0714. The van der Waals surface area contributed by atoms with Gasteiger partial charge >= 0.3 is 0 Å². The van der Waals surface area contributed by atoms with E-state index in [9.17, 15) is 10.1 Å². The van der Waals surface area contributed by atoms with Crippen LogP contribution in [0.15, 0.2) is 42.9 Å². The molecule has 0 N–H and O–H groups in total. The molecule has 0 unspecified atom stereocenters. The molecule has 2 heterocycles. The molecule has 0 saturated carbocycles. The molecule has 3 rings (SSSR count). The second-order valence-corrected chi connectivity index (χ2v) is 5.25. The molecular formula is C14H10N4O3S. The van der Waals surface area contributed by atoms with E-state index in [1.807, 2.05) is 0 Å². The molecule has 0 aliphatic carbocycles. The Bertz CT molecular complexity index is 803. The first-order valence-corrected chi connectivity index (χ1v) is 7.06. The Kier molecular flexibility index (Phi) is 3.75. The molecule has 7 nitrogen and oxygen atoms in total. The van der Waals surface area contributed by atoms with Gasteiger partial charge in [-0.2, -0.15) is 4.98 Å². The number of aromatic nitrogens is 3. The van der Waals surface area contributed by atoms with Crippen molar-refractivity contribution in [1.82, 2.24) is 15.0 Å². The van der Waals surface area contributed by atoms with E-state index in [1.54, 1.807) is 30.7 Å². The number of thiazole rings is 1. The summed E-state index contributed by atoms with van der Waals surface area (Å²) in [5, 5.41) is 11.4. The number of hydrogen-bond donors (Lipinski definition) is 0. The number of benzene rings is 1. The maximum atomic E-state index is 10.7. The van der Waals surface area contributed by atoms with Crippen LogP contribution in [0.25, 0.3) is 21.1 Å². The quantitative estimate of drug-likeness (QED) is 0.542. The summed E-state index contributed by atoms with van der Waals surface area (Å²) in [6.45, 7) is 0. The summed E-state index contributed by atoms with van der Waals surface area (Å²) in [6.07, 6.45) is 4.80. The van der Waals surface area contributed by atoms with Gasteiger partial charge in [-0.3, -0.25) is 20.1 Å². The fourth-order valence-electron chi connectivity index (χ4n) is 1.88. The zero-order chi connectivity index (χ0) is 15.5. The molecule has 0 radical (unpaired) electrons. The molecule has 0 amide bonds. The molecule has 22 heavy (non-hydrogen) atoms. The van der Waals surface area contributed by atoms with Gasteiger partial charge in [0.15, 0.2) is 0 Å². The summed E-state index contributed by atoms with van der Waals surface area (Å²) in [7, 11) is 1.53. The molecule has 0 saturated heterocycles. The van der Waals surface area contributed by atoms with Crippen molar-refractivity contribution in [2.45, 2.75) is 0 Å². The van der Waals surface area contributed by atoms with E-state index in [2.05, 4.69) is 15.0 Å². The van der Waals surface area contributed by atoms with Gasteiger partial charge in [-0.05, 0) is 17.7 Å². The van der Waals surface area contributed by atoms with Crippen molar-refractivity contribution in [3.05, 3.63) is 53.0 Å². The number of rotatable bonds is 4. The highest BCUT2D eigenvalue weighted by atomic mass is 32.1. The van der Waals surface area contributed by atoms with Crippen LogP contribution in [-0.2, 0) is 0 Å². The third kappa shape index (κ3) is 2.63. The summed E-state index contributed by atoms with van der Waals surface area (Å²) in [6, 6.07) is 6.26. The average Bonchev–Trinajstić information content (AvgIpc) is 3.00. The van der Waals surface area contributed by atoms with Gasteiger partial charge in [0.05, 0.1) is 23.1 Å². The van der Waals surface area contributed by atoms with Crippen LogP contribution in [0.2, 0.25) is 0 Å². The first-order chi connectivity index (χ1) is 10.7. The molecule has 0 atom stereocenters. The smallest absolute Gasteiger partial charge is 0.269 e. The minimum Gasteiger partial charge on any atom is -0.480 e. The van der Waals surface area contributed by atoms with Gasteiger partial charge in [0.25, 0.3) is 5.69 Å². The van der Waals surface area contributed by atoms with Crippen molar-refractivity contribution in [3.8, 4) is 27.0 Å². The minimum absolute atomic E-state index is 0.0429. The molecule has 2 aromatic heterocycles. The number of nitro benzene ring substituents is 1. The van der Waals surface area contributed by atoms with Crippen LogP contribution in [0.1, 0.15) is 0 Å². The van der Waals surface area contributed by atoms with Gasteiger partial charge in [0.1, 0.15) is 10.7 Å². The monoisotopic (exact) mass is 314 g/mol. The molecule has 0 bridgehead atoms. The normalized spacial score (nSPS) is 10.4. The molecule has 8 heteroatoms. The minimum atomic E-state index is -0.432. The number of hydrogen-bond acceptors (Lipinski definition) is 7. The van der Waals surface area contributed by atoms with Crippen LogP contribution in [0.4, 0.5) is 5.69 Å². The highest BCUT2D eigenvalue weighted by molar-refractivity contribution is 7.18. The van der Waals surface area contributed by atoms with Gasteiger partial charge in [0, 0.05) is 24.5 Å². The Labute approximate surface area is 129 Å². The maximum Gasteiger partial charge on any atom is 0.269 e. The van der Waals surface area contributed by atoms with Crippen molar-refractivity contribution >= 4 is 17.0 Å². The Morgan fingerprint density at radius 2 is 2.00 bits per heavy atom. The fourth-order valence-corrected chi connectivity index (χ4v) is 2.88. The van der Waals surface area contributed by atoms with E-state index in [-0.39, 0.29) is 5.69 Å². The lowest BCUT2D eigenvalue weighted by molar-refractivity contribution is -0.384. The van der Waals surface area contributed by atoms with Gasteiger partial charge in [-0.15, -0.1) is 11.3 Å². The third-order valence-electron chi connectivity index (χ3n) is 2.91. The number of non-ortho nitro benzene ring substituents is 1. The van der Waals surface area contributed by atoms with E-state index in [0.717, 1.165) is 10.4 Å². The lowest BCUT2D eigenvalue weighted by atomic mass is 10.2. The summed E-state index contributed by atoms with van der Waals surface area (Å²) in [5.41, 5.74) is 1.50. The predicted octanol–water partition coefficient (Wildman–Crippen LogP) is 3.18. The summed E-state index contributed by atoms with van der Waals surface area (Å²) in [5.74, 6) is 0.458. The highest BCUT2D eigenvalue weighted by Crippen LogP contribution is 2.39. The van der Waals surface area contributed by atoms with Gasteiger partial charge in [0.2, 0.25) is 5.88 Å². The second-order valence-electron chi connectivity index (χ2n) is 4.25. The summed E-state index contributed by atoms with van der Waals surface area (Å²) in [4.78, 5) is 23.7. The predicted molar refractivity (Wildman–Crippen MR) is 81.8 cm³/mol. The van der Waals surface area contributed by atoms with Crippen molar-refractivity contribution in [2.75, 3.05) is 7.11 Å². The van der Waals surface area contributed by atoms with Crippen LogP contribution in [0.3, 0.4) is 0 Å². The van der Waals surface area contributed by atoms with Crippen LogP contribution in [0.5, 0.6) is 5.88 Å². The largest absolute Gasteiger partial charge is 0.480 e. The summed E-state index contributed by atoms with van der Waals surface area (Å²) < 4.78 is 5.30. The van der Waals surface area contributed by atoms with E-state index in [1.165, 1.54) is 30.6 Å². The van der Waals surface area contributed by atoms with Crippen LogP contribution in [-0.4, -0.2) is 27.0 Å². The Balaban J connectivity index is 2.03. The molecule has 110 valence electrons. The lowest BCUT2D eigenvalue weighted by Crippen LogP contribution is -1.88. The first-order valence-electron chi connectivity index (χ1n) is 6.25. The maximum absolute atomic E-state index is 10.7. The van der Waals surface area contributed by atoms with Gasteiger partial charge in [-0.25, -0.2) is 0 Å². The second kappa shape index (κ2) is 5.86. The molecule has 0 aliphatic rings.